The third-order valence-electron chi connectivity index (χ3n) is 8.32. The summed E-state index contributed by atoms with van der Waals surface area (Å²) in [6.07, 6.45) is 2.44. The first kappa shape index (κ1) is 26.3. The van der Waals surface area contributed by atoms with Crippen LogP contribution < -0.4 is 20.1 Å². The summed E-state index contributed by atoms with van der Waals surface area (Å²) in [7, 11) is 1.47. The summed E-state index contributed by atoms with van der Waals surface area (Å²) >= 11 is 6.35. The number of hydrogen-bond donors (Lipinski definition) is 1. The number of benzene rings is 3. The first-order valence-electron chi connectivity index (χ1n) is 13.8. The highest BCUT2D eigenvalue weighted by molar-refractivity contribution is 6.19. The zero-order chi connectivity index (χ0) is 29.0. The number of aromatic nitrogens is 1. The van der Waals surface area contributed by atoms with Gasteiger partial charge in [0.15, 0.2) is 18.2 Å². The van der Waals surface area contributed by atoms with Crippen molar-refractivity contribution in [3.8, 4) is 11.6 Å². The zero-order valence-corrected chi connectivity index (χ0v) is 23.7. The number of nitrogens with zero attached hydrogens (tertiary/aromatic N) is 4. The van der Waals surface area contributed by atoms with Crippen molar-refractivity contribution >= 4 is 57.6 Å². The van der Waals surface area contributed by atoms with E-state index in [2.05, 4.69) is 16.0 Å². The molecular formula is C32H28ClN5O4. The predicted molar refractivity (Wildman–Crippen MR) is 162 cm³/mol. The third-order valence-corrected chi connectivity index (χ3v) is 8.69. The quantitative estimate of drug-likeness (QED) is 0.266. The molecule has 4 heterocycles. The van der Waals surface area contributed by atoms with E-state index in [1.807, 2.05) is 48.5 Å². The van der Waals surface area contributed by atoms with Gasteiger partial charge in [0.25, 0.3) is 17.7 Å². The molecule has 0 aliphatic carbocycles. The van der Waals surface area contributed by atoms with Crippen LogP contribution in [0.2, 0.25) is 0 Å². The predicted octanol–water partition coefficient (Wildman–Crippen LogP) is 4.86. The smallest absolute Gasteiger partial charge is 0.265 e. The summed E-state index contributed by atoms with van der Waals surface area (Å²) in [5.41, 5.74) is 11.3. The highest BCUT2D eigenvalue weighted by Crippen LogP contribution is 2.44. The van der Waals surface area contributed by atoms with Gasteiger partial charge < -0.3 is 25.0 Å². The second-order valence-corrected chi connectivity index (χ2v) is 11.0. The van der Waals surface area contributed by atoms with Gasteiger partial charge in [-0.2, -0.15) is 4.98 Å². The monoisotopic (exact) mass is 581 g/mol. The van der Waals surface area contributed by atoms with E-state index < -0.39 is 0 Å². The summed E-state index contributed by atoms with van der Waals surface area (Å²) < 4.78 is 11.5. The van der Waals surface area contributed by atoms with Crippen LogP contribution in [-0.2, 0) is 17.8 Å². The fourth-order valence-corrected chi connectivity index (χ4v) is 6.48. The van der Waals surface area contributed by atoms with Crippen LogP contribution in [0.15, 0.2) is 65.7 Å². The fourth-order valence-electron chi connectivity index (χ4n) is 6.23. The number of carbonyl (C=O) groups is 2. The average molecular weight is 582 g/mol. The van der Waals surface area contributed by atoms with Crippen molar-refractivity contribution in [1.82, 2.24) is 9.88 Å². The molecule has 212 valence electrons. The first-order valence-corrected chi connectivity index (χ1v) is 14.3. The van der Waals surface area contributed by atoms with Crippen molar-refractivity contribution in [3.05, 3.63) is 82.9 Å². The number of nitrogens with two attached hydrogens (primary N) is 1. The van der Waals surface area contributed by atoms with Gasteiger partial charge in [-0.1, -0.05) is 48.5 Å². The topological polar surface area (TPSA) is 110 Å². The molecule has 0 spiro atoms. The van der Waals surface area contributed by atoms with Crippen LogP contribution in [0.5, 0.6) is 11.6 Å². The number of nitrogen functional groups attached to an aromatic ring is 1. The number of carbonyl (C=O) groups excluding carboxylic acids is 2. The van der Waals surface area contributed by atoms with Gasteiger partial charge in [0.05, 0.1) is 24.4 Å². The molecule has 42 heavy (non-hydrogen) atoms. The van der Waals surface area contributed by atoms with Crippen LogP contribution in [0.4, 0.5) is 17.2 Å². The molecule has 2 amide bonds. The highest BCUT2D eigenvalue weighted by Gasteiger charge is 2.36. The minimum Gasteiger partial charge on any atom is -0.491 e. The molecular weight excluding hydrogens is 554 g/mol. The summed E-state index contributed by atoms with van der Waals surface area (Å²) in [5, 5.41) is 1.93. The molecule has 4 aromatic rings. The third kappa shape index (κ3) is 4.23. The fraction of sp³-hybridized carbons (Fsp3) is 0.250. The molecule has 7 rings (SSSR count). The number of amides is 2. The van der Waals surface area contributed by atoms with Crippen LogP contribution >= 0.6 is 11.6 Å². The lowest BCUT2D eigenvalue weighted by Crippen LogP contribution is -2.44. The Hall–Kier alpha value is -4.63. The van der Waals surface area contributed by atoms with Gasteiger partial charge in [0.2, 0.25) is 0 Å². The molecule has 3 aliphatic heterocycles. The van der Waals surface area contributed by atoms with Crippen LogP contribution in [0.3, 0.4) is 0 Å². The number of halogens is 1. The SMILES string of the molecule is COc1cc2c(nc1OCC(=O)N1C[C@@H](CCl)c3c1cc(N)c1ccccc31)N=C[C@@H]1Cc3ccccc3CN1C2=O. The number of fused-ring (bicyclic) bond motifs is 6. The number of alkyl halides is 1. The molecule has 0 saturated heterocycles. The van der Waals surface area contributed by atoms with E-state index in [0.717, 1.165) is 27.6 Å². The minimum atomic E-state index is -0.301. The van der Waals surface area contributed by atoms with E-state index in [4.69, 9.17) is 26.8 Å². The van der Waals surface area contributed by atoms with Crippen molar-refractivity contribution < 1.29 is 19.1 Å². The van der Waals surface area contributed by atoms with Gasteiger partial charge in [-0.25, -0.2) is 4.99 Å². The normalized spacial score (nSPS) is 18.7. The second kappa shape index (κ2) is 10.3. The van der Waals surface area contributed by atoms with E-state index >= 15 is 0 Å². The molecule has 1 aromatic heterocycles. The standard InChI is InChI=1S/C32H28ClN5O4/c1-41-27-11-24-30(35-14-21-10-18-6-2-3-7-19(18)15-37(21)32(24)40)36-31(27)42-17-28(39)38-16-20(13-33)29-23-9-5-4-8-22(23)25(34)12-26(29)38/h2-9,11-12,14,20-21H,10,13,15-17,34H2,1H3/t20-,21+/m1/s1. The minimum absolute atomic E-state index is 0.0405. The Kier molecular flexibility index (Phi) is 6.46. The van der Waals surface area contributed by atoms with E-state index in [0.29, 0.717) is 36.6 Å². The van der Waals surface area contributed by atoms with Crippen molar-refractivity contribution in [3.63, 3.8) is 0 Å². The van der Waals surface area contributed by atoms with E-state index in [9.17, 15) is 9.59 Å². The van der Waals surface area contributed by atoms with Crippen molar-refractivity contribution in [2.24, 2.45) is 4.99 Å². The molecule has 0 unspecified atom stereocenters. The lowest BCUT2D eigenvalue weighted by molar-refractivity contribution is -0.120. The maximum absolute atomic E-state index is 13.6. The maximum Gasteiger partial charge on any atom is 0.265 e. The van der Waals surface area contributed by atoms with Crippen LogP contribution in [-0.4, -0.2) is 60.1 Å². The second-order valence-electron chi connectivity index (χ2n) is 10.7. The number of methoxy groups -OCH3 is 1. The van der Waals surface area contributed by atoms with E-state index in [1.54, 1.807) is 22.1 Å². The summed E-state index contributed by atoms with van der Waals surface area (Å²) in [4.78, 5) is 39.7. The largest absolute Gasteiger partial charge is 0.491 e. The van der Waals surface area contributed by atoms with Gasteiger partial charge >= 0.3 is 0 Å². The van der Waals surface area contributed by atoms with Crippen molar-refractivity contribution in [1.29, 1.82) is 0 Å². The van der Waals surface area contributed by atoms with Crippen molar-refractivity contribution in [2.75, 3.05) is 36.8 Å². The molecule has 3 aliphatic rings. The molecule has 3 aromatic carbocycles. The maximum atomic E-state index is 13.6. The Morgan fingerprint density at radius 1 is 1.10 bits per heavy atom. The number of pyridine rings is 1. The van der Waals surface area contributed by atoms with Crippen molar-refractivity contribution in [2.45, 2.75) is 24.9 Å². The molecule has 10 heteroatoms. The zero-order valence-electron chi connectivity index (χ0n) is 22.9. The van der Waals surface area contributed by atoms with Crippen LogP contribution in [0.25, 0.3) is 10.8 Å². The molecule has 0 saturated carbocycles. The lowest BCUT2D eigenvalue weighted by Gasteiger charge is -2.34. The highest BCUT2D eigenvalue weighted by atomic mass is 35.5. The molecule has 0 bridgehead atoms. The van der Waals surface area contributed by atoms with Gasteiger partial charge in [0, 0.05) is 48.2 Å². The van der Waals surface area contributed by atoms with Crippen LogP contribution in [0, 0.1) is 0 Å². The molecule has 0 fully saturated rings. The van der Waals surface area contributed by atoms with Gasteiger partial charge in [-0.15, -0.1) is 11.6 Å². The van der Waals surface area contributed by atoms with Gasteiger partial charge in [0.1, 0.15) is 0 Å². The number of hydrogen-bond acceptors (Lipinski definition) is 7. The Labute approximate surface area is 247 Å². The Morgan fingerprint density at radius 3 is 2.64 bits per heavy atom. The lowest BCUT2D eigenvalue weighted by atomic mass is 9.94. The average Bonchev–Trinajstić information content (AvgIpc) is 3.34. The molecule has 9 nitrogen and oxygen atoms in total. The number of ether oxygens (including phenoxy) is 2. The van der Waals surface area contributed by atoms with Gasteiger partial charge in [-0.3, -0.25) is 9.59 Å². The summed E-state index contributed by atoms with van der Waals surface area (Å²) in [6.45, 7) is 0.604. The number of anilines is 2. The summed E-state index contributed by atoms with van der Waals surface area (Å²) in [6, 6.07) is 19.2. The molecule has 2 N–H and O–H groups in total. The Morgan fingerprint density at radius 2 is 1.86 bits per heavy atom. The molecule has 2 atom stereocenters. The van der Waals surface area contributed by atoms with Gasteiger partial charge in [-0.05, 0) is 34.6 Å². The summed E-state index contributed by atoms with van der Waals surface area (Å²) in [5.74, 6) is 0.436. The van der Waals surface area contributed by atoms with E-state index in [1.165, 1.54) is 12.7 Å². The Balaban J connectivity index is 1.15. The Bertz CT molecular complexity index is 1790. The number of aliphatic imine (C=N–C) groups is 1. The van der Waals surface area contributed by atoms with Crippen LogP contribution in [0.1, 0.15) is 33.0 Å². The first-order chi connectivity index (χ1) is 20.5. The number of rotatable bonds is 5. The van der Waals surface area contributed by atoms with E-state index in [-0.39, 0.29) is 47.8 Å². The molecule has 0 radical (unpaired) electrons.